The summed E-state index contributed by atoms with van der Waals surface area (Å²) in [5, 5.41) is 0. The Balaban J connectivity index is 2.49. The number of aromatic nitrogens is 2. The van der Waals surface area contributed by atoms with Crippen molar-refractivity contribution in [3.8, 4) is 11.3 Å². The molecule has 0 bridgehead atoms. The number of hydrogen-bond donors (Lipinski definition) is 1. The zero-order valence-corrected chi connectivity index (χ0v) is 10.2. The van der Waals surface area contributed by atoms with Gasteiger partial charge in [0, 0.05) is 18.7 Å². The van der Waals surface area contributed by atoms with Gasteiger partial charge in [-0.1, -0.05) is 12.1 Å². The van der Waals surface area contributed by atoms with E-state index in [0.29, 0.717) is 22.6 Å². The van der Waals surface area contributed by atoms with Crippen LogP contribution >= 0.6 is 0 Å². The topological polar surface area (TPSA) is 55.0 Å². The number of halogens is 1. The lowest BCUT2D eigenvalue weighted by atomic mass is 10.1. The third-order valence-corrected chi connectivity index (χ3v) is 2.54. The summed E-state index contributed by atoms with van der Waals surface area (Å²) in [6.45, 7) is 1.89. The average molecular weight is 248 g/mol. The molecule has 2 rings (SSSR count). The predicted molar refractivity (Wildman–Crippen MR) is 65.7 cm³/mol. The van der Waals surface area contributed by atoms with Crippen molar-refractivity contribution in [1.29, 1.82) is 0 Å². The molecule has 1 aromatic heterocycles. The van der Waals surface area contributed by atoms with Gasteiger partial charge in [-0.3, -0.25) is 4.79 Å². The van der Waals surface area contributed by atoms with Crippen LogP contribution in [0.3, 0.4) is 0 Å². The largest absolute Gasteiger partial charge is 0.377 e. The number of methoxy groups -OCH3 is 1. The number of aryl methyl sites for hydroxylation is 1. The molecule has 2 aromatic rings. The van der Waals surface area contributed by atoms with E-state index in [-0.39, 0.29) is 18.0 Å². The first-order valence-electron chi connectivity index (χ1n) is 5.46. The summed E-state index contributed by atoms with van der Waals surface area (Å²) >= 11 is 0. The minimum atomic E-state index is -0.317. The van der Waals surface area contributed by atoms with Gasteiger partial charge >= 0.3 is 0 Å². The first-order chi connectivity index (χ1) is 8.60. The van der Waals surface area contributed by atoms with Gasteiger partial charge < -0.3 is 9.72 Å². The molecule has 0 aliphatic carbocycles. The zero-order chi connectivity index (χ0) is 13.1. The molecule has 1 heterocycles. The molecule has 18 heavy (non-hydrogen) atoms. The molecule has 4 nitrogen and oxygen atoms in total. The maximum Gasteiger partial charge on any atom is 0.251 e. The van der Waals surface area contributed by atoms with Gasteiger partial charge in [-0.2, -0.15) is 0 Å². The van der Waals surface area contributed by atoms with Crippen molar-refractivity contribution in [2.75, 3.05) is 7.11 Å². The minimum absolute atomic E-state index is 0.206. The second-order valence-corrected chi connectivity index (χ2v) is 3.97. The Labute approximate surface area is 103 Å². The Bertz CT molecular complexity index is 623. The fourth-order valence-corrected chi connectivity index (χ4v) is 1.61. The predicted octanol–water partition coefficient (Wildman–Crippen LogP) is 2.03. The summed E-state index contributed by atoms with van der Waals surface area (Å²) in [6, 6.07) is 6.09. The maximum atomic E-state index is 13.5. The summed E-state index contributed by atoms with van der Waals surface area (Å²) < 4.78 is 18.4. The highest BCUT2D eigenvalue weighted by Gasteiger charge is 2.06. The first-order valence-corrected chi connectivity index (χ1v) is 5.46. The van der Waals surface area contributed by atoms with Gasteiger partial charge in [0.2, 0.25) is 0 Å². The summed E-state index contributed by atoms with van der Waals surface area (Å²) in [7, 11) is 1.51. The zero-order valence-electron chi connectivity index (χ0n) is 10.2. The molecule has 1 N–H and O–H groups in total. The quantitative estimate of drug-likeness (QED) is 0.904. The van der Waals surface area contributed by atoms with Crippen LogP contribution in [0, 0.1) is 12.7 Å². The Morgan fingerprint density at radius 1 is 1.39 bits per heavy atom. The highest BCUT2D eigenvalue weighted by molar-refractivity contribution is 5.59. The third-order valence-electron chi connectivity index (χ3n) is 2.54. The first kappa shape index (κ1) is 12.4. The van der Waals surface area contributed by atoms with Crippen LogP contribution in [0.1, 0.15) is 11.4 Å². The molecule has 1 aromatic carbocycles. The van der Waals surface area contributed by atoms with Crippen LogP contribution in [0.5, 0.6) is 0 Å². The van der Waals surface area contributed by atoms with Crippen LogP contribution in [0.4, 0.5) is 4.39 Å². The van der Waals surface area contributed by atoms with Crippen molar-refractivity contribution in [3.63, 3.8) is 0 Å². The van der Waals surface area contributed by atoms with E-state index in [1.54, 1.807) is 19.1 Å². The van der Waals surface area contributed by atoms with Gasteiger partial charge in [0.25, 0.3) is 5.56 Å². The molecule has 0 unspecified atom stereocenters. The van der Waals surface area contributed by atoms with Crippen molar-refractivity contribution in [2.45, 2.75) is 13.5 Å². The van der Waals surface area contributed by atoms with Gasteiger partial charge in [-0.15, -0.1) is 0 Å². The number of ether oxygens (including phenoxy) is 1. The molecular formula is C13H13FN2O2. The molecule has 0 saturated heterocycles. The smallest absolute Gasteiger partial charge is 0.251 e. The highest BCUT2D eigenvalue weighted by atomic mass is 19.1. The van der Waals surface area contributed by atoms with E-state index >= 15 is 0 Å². The van der Waals surface area contributed by atoms with E-state index < -0.39 is 0 Å². The number of nitrogens with zero attached hydrogens (tertiary/aromatic N) is 1. The standard InChI is InChI=1S/C13H13FN2O2/c1-8-3-4-9(5-10(8)14)11-6-13(17)16-12(15-11)7-18-2/h3-6H,7H2,1-2H3,(H,15,16,17). The van der Waals surface area contributed by atoms with E-state index in [2.05, 4.69) is 9.97 Å². The van der Waals surface area contributed by atoms with Crippen LogP contribution in [-0.2, 0) is 11.3 Å². The van der Waals surface area contributed by atoms with Crippen molar-refractivity contribution >= 4 is 0 Å². The Kier molecular flexibility index (Phi) is 3.53. The van der Waals surface area contributed by atoms with E-state index in [0.717, 1.165) is 0 Å². The summed E-state index contributed by atoms with van der Waals surface area (Å²) in [5.74, 6) is 0.101. The summed E-state index contributed by atoms with van der Waals surface area (Å²) in [6.07, 6.45) is 0. The molecule has 0 radical (unpaired) electrons. The summed E-state index contributed by atoms with van der Waals surface area (Å²) in [4.78, 5) is 18.2. The van der Waals surface area contributed by atoms with Crippen molar-refractivity contribution in [3.05, 3.63) is 51.8 Å². The lowest BCUT2D eigenvalue weighted by Gasteiger charge is -2.05. The summed E-state index contributed by atoms with van der Waals surface area (Å²) in [5.41, 5.74) is 1.28. The normalized spacial score (nSPS) is 10.6. The SMILES string of the molecule is COCc1nc(-c2ccc(C)c(F)c2)cc(=O)[nH]1. The number of benzene rings is 1. The molecule has 5 heteroatoms. The third kappa shape index (κ3) is 2.62. The van der Waals surface area contributed by atoms with Crippen LogP contribution < -0.4 is 5.56 Å². The number of nitrogens with one attached hydrogen (secondary N) is 1. The molecule has 0 fully saturated rings. The molecule has 0 atom stereocenters. The lowest BCUT2D eigenvalue weighted by molar-refractivity contribution is 0.177. The van der Waals surface area contributed by atoms with Crippen molar-refractivity contribution < 1.29 is 9.13 Å². The van der Waals surface area contributed by atoms with Gasteiger partial charge in [0.05, 0.1) is 5.69 Å². The van der Waals surface area contributed by atoms with Gasteiger partial charge in [-0.25, -0.2) is 9.37 Å². The molecule has 0 spiro atoms. The fourth-order valence-electron chi connectivity index (χ4n) is 1.61. The number of hydrogen-bond acceptors (Lipinski definition) is 3. The molecule has 0 amide bonds. The van der Waals surface area contributed by atoms with Gasteiger partial charge in [-0.05, 0) is 18.6 Å². The average Bonchev–Trinajstić information content (AvgIpc) is 2.32. The van der Waals surface area contributed by atoms with Crippen LogP contribution in [0.15, 0.2) is 29.1 Å². The Morgan fingerprint density at radius 3 is 2.83 bits per heavy atom. The molecule has 0 aliphatic rings. The Hall–Kier alpha value is -2.01. The van der Waals surface area contributed by atoms with Crippen molar-refractivity contribution in [2.24, 2.45) is 0 Å². The second kappa shape index (κ2) is 5.10. The van der Waals surface area contributed by atoms with E-state index in [4.69, 9.17) is 4.74 Å². The van der Waals surface area contributed by atoms with Crippen LogP contribution in [0.25, 0.3) is 11.3 Å². The molecule has 94 valence electrons. The highest BCUT2D eigenvalue weighted by Crippen LogP contribution is 2.18. The Morgan fingerprint density at radius 2 is 2.17 bits per heavy atom. The molecule has 0 saturated carbocycles. The number of aromatic amines is 1. The minimum Gasteiger partial charge on any atom is -0.377 e. The fraction of sp³-hybridized carbons (Fsp3) is 0.231. The van der Waals surface area contributed by atoms with Crippen molar-refractivity contribution in [1.82, 2.24) is 9.97 Å². The van der Waals surface area contributed by atoms with E-state index in [9.17, 15) is 9.18 Å². The maximum absolute atomic E-state index is 13.5. The van der Waals surface area contributed by atoms with Gasteiger partial charge in [0.15, 0.2) is 0 Å². The van der Waals surface area contributed by atoms with E-state index in [1.807, 2.05) is 0 Å². The van der Waals surface area contributed by atoms with E-state index in [1.165, 1.54) is 19.2 Å². The number of rotatable bonds is 3. The van der Waals surface area contributed by atoms with Gasteiger partial charge in [0.1, 0.15) is 18.2 Å². The van der Waals surface area contributed by atoms with Crippen LogP contribution in [0.2, 0.25) is 0 Å². The lowest BCUT2D eigenvalue weighted by Crippen LogP contribution is -2.11. The van der Waals surface area contributed by atoms with Crippen LogP contribution in [-0.4, -0.2) is 17.1 Å². The molecule has 0 aliphatic heterocycles. The monoisotopic (exact) mass is 248 g/mol. The molecular weight excluding hydrogens is 235 g/mol. The second-order valence-electron chi connectivity index (χ2n) is 3.97. The number of H-pyrrole nitrogens is 1.